The second-order valence-corrected chi connectivity index (χ2v) is 5.36. The van der Waals surface area contributed by atoms with Crippen molar-refractivity contribution in [2.45, 2.75) is 32.3 Å². The molecule has 6 nitrogen and oxygen atoms in total. The Kier molecular flexibility index (Phi) is 5.77. The third-order valence-corrected chi connectivity index (χ3v) is 3.52. The van der Waals surface area contributed by atoms with Crippen LogP contribution in [0.1, 0.15) is 26.2 Å². The fourth-order valence-corrected chi connectivity index (χ4v) is 2.12. The van der Waals surface area contributed by atoms with Crippen LogP contribution in [0.5, 0.6) is 5.75 Å². The average molecular weight is 306 g/mol. The first-order valence-electron chi connectivity index (χ1n) is 7.60. The number of aliphatic hydroxyl groups excluding tert-OH is 1. The number of benzene rings is 1. The highest BCUT2D eigenvalue weighted by atomic mass is 16.5. The minimum atomic E-state index is -0.718. The van der Waals surface area contributed by atoms with Gasteiger partial charge in [-0.15, -0.1) is 0 Å². The fourth-order valence-electron chi connectivity index (χ4n) is 2.12. The maximum atomic E-state index is 11.7. The van der Waals surface area contributed by atoms with Crippen LogP contribution in [0.15, 0.2) is 24.3 Å². The molecule has 0 spiro atoms. The molecule has 1 unspecified atom stereocenters. The van der Waals surface area contributed by atoms with Crippen LogP contribution < -0.4 is 15.4 Å². The van der Waals surface area contributed by atoms with Crippen LogP contribution in [0.25, 0.3) is 0 Å². The molecule has 1 saturated carbocycles. The molecule has 0 radical (unpaired) electrons. The molecule has 2 rings (SSSR count). The van der Waals surface area contributed by atoms with Crippen molar-refractivity contribution >= 4 is 17.5 Å². The second kappa shape index (κ2) is 7.79. The van der Waals surface area contributed by atoms with E-state index in [2.05, 4.69) is 10.6 Å². The molecular weight excluding hydrogens is 284 g/mol. The van der Waals surface area contributed by atoms with Crippen molar-refractivity contribution in [2.75, 3.05) is 18.5 Å². The van der Waals surface area contributed by atoms with E-state index in [9.17, 15) is 14.7 Å². The lowest BCUT2D eigenvalue weighted by atomic mass is 10.2. The fraction of sp³-hybridized carbons (Fsp3) is 0.500. The first-order valence-corrected chi connectivity index (χ1v) is 7.60. The van der Waals surface area contributed by atoms with Crippen molar-refractivity contribution in [1.82, 2.24) is 5.32 Å². The number of ether oxygens (including phenoxy) is 1. The molecule has 0 bridgehead atoms. The smallest absolute Gasteiger partial charge is 0.313 e. The number of amides is 2. The lowest BCUT2D eigenvalue weighted by Gasteiger charge is -2.10. The number of carbonyl (C=O) groups is 2. The SMILES string of the molecule is CCOc1ccc(NC(=O)C(=O)NCCC(O)C2CC2)cc1. The summed E-state index contributed by atoms with van der Waals surface area (Å²) in [5.74, 6) is -0.337. The molecule has 22 heavy (non-hydrogen) atoms. The zero-order valence-corrected chi connectivity index (χ0v) is 12.7. The van der Waals surface area contributed by atoms with E-state index in [0.717, 1.165) is 12.8 Å². The number of anilines is 1. The van der Waals surface area contributed by atoms with E-state index in [1.54, 1.807) is 24.3 Å². The van der Waals surface area contributed by atoms with Crippen molar-refractivity contribution in [3.63, 3.8) is 0 Å². The molecule has 120 valence electrons. The van der Waals surface area contributed by atoms with Crippen molar-refractivity contribution in [3.8, 4) is 5.75 Å². The summed E-state index contributed by atoms with van der Waals surface area (Å²) in [5.41, 5.74) is 0.529. The minimum absolute atomic E-state index is 0.299. The van der Waals surface area contributed by atoms with Crippen molar-refractivity contribution in [2.24, 2.45) is 5.92 Å². The molecule has 0 heterocycles. The molecule has 0 aliphatic heterocycles. The van der Waals surface area contributed by atoms with Crippen LogP contribution in [0, 0.1) is 5.92 Å². The van der Waals surface area contributed by atoms with Crippen LogP contribution >= 0.6 is 0 Å². The van der Waals surface area contributed by atoms with Gasteiger partial charge in [0.1, 0.15) is 5.75 Å². The van der Waals surface area contributed by atoms with Crippen LogP contribution in [0.2, 0.25) is 0 Å². The predicted molar refractivity (Wildman–Crippen MR) is 82.6 cm³/mol. The number of hydrogen-bond acceptors (Lipinski definition) is 4. The molecule has 1 fully saturated rings. The summed E-state index contributed by atoms with van der Waals surface area (Å²) in [6.07, 6.45) is 2.20. The Labute approximate surface area is 129 Å². The van der Waals surface area contributed by atoms with Crippen LogP contribution in [0.4, 0.5) is 5.69 Å². The molecule has 1 aliphatic carbocycles. The van der Waals surface area contributed by atoms with Gasteiger partial charge in [-0.25, -0.2) is 0 Å². The third-order valence-electron chi connectivity index (χ3n) is 3.52. The molecule has 3 N–H and O–H groups in total. The molecular formula is C16H22N2O4. The Morgan fingerprint density at radius 1 is 1.27 bits per heavy atom. The van der Waals surface area contributed by atoms with E-state index in [4.69, 9.17) is 4.74 Å². The van der Waals surface area contributed by atoms with Gasteiger partial charge in [0, 0.05) is 12.2 Å². The van der Waals surface area contributed by atoms with Gasteiger partial charge in [-0.05, 0) is 56.4 Å². The van der Waals surface area contributed by atoms with Crippen molar-refractivity contribution in [3.05, 3.63) is 24.3 Å². The van der Waals surface area contributed by atoms with Crippen molar-refractivity contribution < 1.29 is 19.4 Å². The maximum absolute atomic E-state index is 11.7. The Balaban J connectivity index is 1.71. The summed E-state index contributed by atoms with van der Waals surface area (Å²) in [4.78, 5) is 23.4. The molecule has 1 aromatic rings. The zero-order chi connectivity index (χ0) is 15.9. The Bertz CT molecular complexity index is 511. The molecule has 0 saturated heterocycles. The number of carbonyl (C=O) groups excluding carboxylic acids is 2. The van der Waals surface area contributed by atoms with E-state index < -0.39 is 11.8 Å². The summed E-state index contributed by atoms with van der Waals surface area (Å²) in [5, 5.41) is 14.7. The summed E-state index contributed by atoms with van der Waals surface area (Å²) >= 11 is 0. The highest BCUT2D eigenvalue weighted by Crippen LogP contribution is 2.33. The average Bonchev–Trinajstić information content (AvgIpc) is 3.34. The van der Waals surface area contributed by atoms with Gasteiger partial charge in [0.05, 0.1) is 12.7 Å². The highest BCUT2D eigenvalue weighted by molar-refractivity contribution is 6.39. The van der Waals surface area contributed by atoms with Gasteiger partial charge in [-0.1, -0.05) is 0 Å². The number of aliphatic hydroxyl groups is 1. The van der Waals surface area contributed by atoms with Gasteiger partial charge < -0.3 is 20.5 Å². The zero-order valence-electron chi connectivity index (χ0n) is 12.7. The third kappa shape index (κ3) is 5.04. The summed E-state index contributed by atoms with van der Waals surface area (Å²) in [7, 11) is 0. The lowest BCUT2D eigenvalue weighted by Crippen LogP contribution is -2.37. The van der Waals surface area contributed by atoms with Gasteiger partial charge >= 0.3 is 11.8 Å². The van der Waals surface area contributed by atoms with Crippen LogP contribution in [-0.2, 0) is 9.59 Å². The Morgan fingerprint density at radius 2 is 1.95 bits per heavy atom. The van der Waals surface area contributed by atoms with Gasteiger partial charge in [0.15, 0.2) is 0 Å². The van der Waals surface area contributed by atoms with E-state index in [-0.39, 0.29) is 6.10 Å². The Morgan fingerprint density at radius 3 is 2.55 bits per heavy atom. The largest absolute Gasteiger partial charge is 0.494 e. The first kappa shape index (κ1) is 16.3. The quantitative estimate of drug-likeness (QED) is 0.663. The maximum Gasteiger partial charge on any atom is 0.313 e. The topological polar surface area (TPSA) is 87.7 Å². The molecule has 2 amide bonds. The van der Waals surface area contributed by atoms with E-state index in [0.29, 0.717) is 36.9 Å². The standard InChI is InChI=1S/C16H22N2O4/c1-2-22-13-7-5-12(6-8-13)18-16(21)15(20)17-10-9-14(19)11-3-4-11/h5-8,11,14,19H,2-4,9-10H2,1H3,(H,17,20)(H,18,21). The highest BCUT2D eigenvalue weighted by Gasteiger charge is 2.29. The number of nitrogens with one attached hydrogen (secondary N) is 2. The summed E-state index contributed by atoms with van der Waals surface area (Å²) < 4.78 is 5.30. The van der Waals surface area contributed by atoms with Gasteiger partial charge in [-0.2, -0.15) is 0 Å². The number of rotatable bonds is 7. The second-order valence-electron chi connectivity index (χ2n) is 5.36. The molecule has 1 aromatic carbocycles. The molecule has 1 atom stereocenters. The Hall–Kier alpha value is -2.08. The lowest BCUT2D eigenvalue weighted by molar-refractivity contribution is -0.136. The van der Waals surface area contributed by atoms with E-state index >= 15 is 0 Å². The van der Waals surface area contributed by atoms with Crippen LogP contribution in [0.3, 0.4) is 0 Å². The predicted octanol–water partition coefficient (Wildman–Crippen LogP) is 1.30. The molecule has 0 aromatic heterocycles. The van der Waals surface area contributed by atoms with E-state index in [1.807, 2.05) is 6.92 Å². The van der Waals surface area contributed by atoms with Crippen LogP contribution in [-0.4, -0.2) is 36.2 Å². The first-order chi connectivity index (χ1) is 10.6. The normalized spacial score (nSPS) is 15.0. The van der Waals surface area contributed by atoms with Gasteiger partial charge in [0.25, 0.3) is 0 Å². The van der Waals surface area contributed by atoms with Crippen molar-refractivity contribution in [1.29, 1.82) is 0 Å². The number of hydrogen-bond donors (Lipinski definition) is 3. The molecule has 6 heteroatoms. The summed E-state index contributed by atoms with van der Waals surface area (Å²) in [6.45, 7) is 2.76. The monoisotopic (exact) mass is 306 g/mol. The summed E-state index contributed by atoms with van der Waals surface area (Å²) in [6, 6.07) is 6.80. The van der Waals surface area contributed by atoms with Gasteiger partial charge in [-0.3, -0.25) is 9.59 Å². The minimum Gasteiger partial charge on any atom is -0.494 e. The van der Waals surface area contributed by atoms with Gasteiger partial charge in [0.2, 0.25) is 0 Å². The molecule has 1 aliphatic rings. The van der Waals surface area contributed by atoms with E-state index in [1.165, 1.54) is 0 Å².